The Morgan fingerprint density at radius 3 is 2.50 bits per heavy atom. The van der Waals surface area contributed by atoms with Crippen LogP contribution in [0, 0.1) is 0 Å². The lowest BCUT2D eigenvalue weighted by molar-refractivity contribution is 0.153. The summed E-state index contributed by atoms with van der Waals surface area (Å²) in [5.74, 6) is 0. The van der Waals surface area contributed by atoms with Crippen LogP contribution in [0.3, 0.4) is 0 Å². The zero-order valence-corrected chi connectivity index (χ0v) is 12.9. The molecule has 0 aromatic heterocycles. The van der Waals surface area contributed by atoms with Crippen LogP contribution in [0.4, 0.5) is 0 Å². The number of benzene rings is 1. The first-order valence-electron chi connectivity index (χ1n) is 8.33. The third-order valence-corrected chi connectivity index (χ3v) is 4.61. The normalized spacial score (nSPS) is 18.4. The largest absolute Gasteiger partial charge is 0.327 e. The molecule has 0 heterocycles. The summed E-state index contributed by atoms with van der Waals surface area (Å²) >= 11 is 0. The topological polar surface area (TPSA) is 29.3 Å². The van der Waals surface area contributed by atoms with Crippen molar-refractivity contribution in [3.05, 3.63) is 35.9 Å². The van der Waals surface area contributed by atoms with E-state index in [-0.39, 0.29) is 0 Å². The fourth-order valence-electron chi connectivity index (χ4n) is 3.37. The Kier molecular flexibility index (Phi) is 6.55. The fraction of sp³-hybridized carbons (Fsp3) is 0.667. The van der Waals surface area contributed by atoms with E-state index in [2.05, 4.69) is 42.2 Å². The molecular formula is C18H30N2. The summed E-state index contributed by atoms with van der Waals surface area (Å²) in [5.41, 5.74) is 7.77. The molecule has 2 N–H and O–H groups in total. The van der Waals surface area contributed by atoms with E-state index in [9.17, 15) is 0 Å². The second-order valence-corrected chi connectivity index (χ2v) is 6.16. The zero-order chi connectivity index (χ0) is 14.2. The van der Waals surface area contributed by atoms with E-state index in [0.717, 1.165) is 32.0 Å². The van der Waals surface area contributed by atoms with Gasteiger partial charge in [0.1, 0.15) is 0 Å². The van der Waals surface area contributed by atoms with Gasteiger partial charge in [0.25, 0.3) is 0 Å². The summed E-state index contributed by atoms with van der Waals surface area (Å²) in [6.07, 6.45) is 9.17. The highest BCUT2D eigenvalue weighted by molar-refractivity contribution is 5.14. The van der Waals surface area contributed by atoms with Crippen molar-refractivity contribution in [2.24, 2.45) is 5.73 Å². The molecule has 1 saturated carbocycles. The minimum absolute atomic E-state index is 0.303. The van der Waals surface area contributed by atoms with Crippen molar-refractivity contribution in [3.8, 4) is 0 Å². The number of rotatable bonds is 7. The van der Waals surface area contributed by atoms with Gasteiger partial charge in [0, 0.05) is 18.6 Å². The molecule has 1 aliphatic rings. The molecule has 2 nitrogen and oxygen atoms in total. The molecule has 0 radical (unpaired) electrons. The van der Waals surface area contributed by atoms with E-state index in [1.54, 1.807) is 0 Å². The van der Waals surface area contributed by atoms with Crippen molar-refractivity contribution in [1.82, 2.24) is 4.90 Å². The third-order valence-electron chi connectivity index (χ3n) is 4.61. The highest BCUT2D eigenvalue weighted by Crippen LogP contribution is 2.22. The van der Waals surface area contributed by atoms with E-state index in [0.29, 0.717) is 6.04 Å². The van der Waals surface area contributed by atoms with Gasteiger partial charge in [-0.2, -0.15) is 0 Å². The Bertz CT molecular complexity index is 357. The van der Waals surface area contributed by atoms with Gasteiger partial charge in [-0.15, -0.1) is 0 Å². The van der Waals surface area contributed by atoms with Gasteiger partial charge in [0.05, 0.1) is 0 Å². The molecule has 0 aliphatic heterocycles. The second kappa shape index (κ2) is 8.43. The predicted molar refractivity (Wildman–Crippen MR) is 86.9 cm³/mol. The Hall–Kier alpha value is -0.860. The number of hydrogen-bond donors (Lipinski definition) is 1. The standard InChI is InChI=1S/C18H30N2/c1-2-20(18-11-7-4-8-12-18)15-17(19)14-13-16-9-5-3-6-10-16/h3,5-6,9-10,17-18H,2,4,7-8,11-15,19H2,1H3. The molecule has 112 valence electrons. The Morgan fingerprint density at radius 1 is 1.15 bits per heavy atom. The summed E-state index contributed by atoms with van der Waals surface area (Å²) in [5, 5.41) is 0. The van der Waals surface area contributed by atoms with Gasteiger partial charge in [0.2, 0.25) is 0 Å². The molecule has 0 bridgehead atoms. The van der Waals surface area contributed by atoms with Crippen LogP contribution >= 0.6 is 0 Å². The highest BCUT2D eigenvalue weighted by Gasteiger charge is 2.21. The van der Waals surface area contributed by atoms with Gasteiger partial charge >= 0.3 is 0 Å². The second-order valence-electron chi connectivity index (χ2n) is 6.16. The maximum atomic E-state index is 6.36. The molecule has 1 unspecified atom stereocenters. The first kappa shape index (κ1) is 15.5. The molecule has 1 aromatic rings. The maximum absolute atomic E-state index is 6.36. The molecule has 2 heteroatoms. The molecule has 1 aliphatic carbocycles. The van der Waals surface area contributed by atoms with Crippen molar-refractivity contribution >= 4 is 0 Å². The lowest BCUT2D eigenvalue weighted by Crippen LogP contribution is -2.44. The van der Waals surface area contributed by atoms with Crippen LogP contribution in [-0.4, -0.2) is 30.1 Å². The van der Waals surface area contributed by atoms with Crippen LogP contribution in [-0.2, 0) is 6.42 Å². The highest BCUT2D eigenvalue weighted by atomic mass is 15.2. The molecule has 0 amide bonds. The van der Waals surface area contributed by atoms with Gasteiger partial charge in [-0.3, -0.25) is 4.90 Å². The average molecular weight is 274 g/mol. The van der Waals surface area contributed by atoms with Gasteiger partial charge in [-0.05, 0) is 37.8 Å². The molecule has 1 fully saturated rings. The fourth-order valence-corrected chi connectivity index (χ4v) is 3.37. The van der Waals surface area contributed by atoms with E-state index >= 15 is 0 Å². The van der Waals surface area contributed by atoms with Crippen molar-refractivity contribution < 1.29 is 0 Å². The van der Waals surface area contributed by atoms with E-state index in [1.807, 2.05) is 0 Å². The van der Waals surface area contributed by atoms with Gasteiger partial charge in [0.15, 0.2) is 0 Å². The predicted octanol–water partition coefficient (Wildman–Crippen LogP) is 3.60. The summed E-state index contributed by atoms with van der Waals surface area (Å²) in [4.78, 5) is 2.62. The summed E-state index contributed by atoms with van der Waals surface area (Å²) in [7, 11) is 0. The maximum Gasteiger partial charge on any atom is 0.0171 e. The molecule has 2 rings (SSSR count). The van der Waals surface area contributed by atoms with Crippen LogP contribution < -0.4 is 5.73 Å². The van der Waals surface area contributed by atoms with Crippen LogP contribution in [0.25, 0.3) is 0 Å². The number of nitrogens with two attached hydrogens (primary N) is 1. The molecular weight excluding hydrogens is 244 g/mol. The number of aryl methyl sites for hydroxylation is 1. The Balaban J connectivity index is 1.75. The van der Waals surface area contributed by atoms with Crippen molar-refractivity contribution in [3.63, 3.8) is 0 Å². The van der Waals surface area contributed by atoms with Gasteiger partial charge in [-0.25, -0.2) is 0 Å². The van der Waals surface area contributed by atoms with Crippen molar-refractivity contribution in [1.29, 1.82) is 0 Å². The van der Waals surface area contributed by atoms with E-state index < -0.39 is 0 Å². The lowest BCUT2D eigenvalue weighted by atomic mass is 9.93. The number of likely N-dealkylation sites (N-methyl/N-ethyl adjacent to an activating group) is 1. The van der Waals surface area contributed by atoms with Crippen LogP contribution in [0.1, 0.15) is 51.0 Å². The first-order chi connectivity index (χ1) is 9.79. The minimum atomic E-state index is 0.303. The van der Waals surface area contributed by atoms with Gasteiger partial charge in [-0.1, -0.05) is 56.5 Å². The average Bonchev–Trinajstić information content (AvgIpc) is 2.52. The molecule has 1 atom stereocenters. The summed E-state index contributed by atoms with van der Waals surface area (Å²) < 4.78 is 0. The molecule has 0 spiro atoms. The van der Waals surface area contributed by atoms with Crippen molar-refractivity contribution in [2.45, 2.75) is 64.0 Å². The number of nitrogens with zero attached hydrogens (tertiary/aromatic N) is 1. The first-order valence-corrected chi connectivity index (χ1v) is 8.33. The molecule has 20 heavy (non-hydrogen) atoms. The SMILES string of the molecule is CCN(CC(N)CCc1ccccc1)C1CCCCC1. The van der Waals surface area contributed by atoms with Crippen LogP contribution in [0.5, 0.6) is 0 Å². The molecule has 0 saturated heterocycles. The third kappa shape index (κ3) is 4.92. The minimum Gasteiger partial charge on any atom is -0.327 e. The van der Waals surface area contributed by atoms with E-state index in [1.165, 1.54) is 37.7 Å². The van der Waals surface area contributed by atoms with Crippen LogP contribution in [0.15, 0.2) is 30.3 Å². The lowest BCUT2D eigenvalue weighted by Gasteiger charge is -2.35. The monoisotopic (exact) mass is 274 g/mol. The smallest absolute Gasteiger partial charge is 0.0171 e. The van der Waals surface area contributed by atoms with Crippen molar-refractivity contribution in [2.75, 3.05) is 13.1 Å². The van der Waals surface area contributed by atoms with E-state index in [4.69, 9.17) is 5.73 Å². The Morgan fingerprint density at radius 2 is 1.85 bits per heavy atom. The molecule has 1 aromatic carbocycles. The zero-order valence-electron chi connectivity index (χ0n) is 12.9. The summed E-state index contributed by atoms with van der Waals surface area (Å²) in [6.45, 7) is 4.48. The quantitative estimate of drug-likeness (QED) is 0.823. The van der Waals surface area contributed by atoms with Crippen LogP contribution in [0.2, 0.25) is 0 Å². The number of hydrogen-bond acceptors (Lipinski definition) is 2. The Labute approximate surface area is 124 Å². The van der Waals surface area contributed by atoms with Gasteiger partial charge < -0.3 is 5.73 Å². The summed E-state index contributed by atoms with van der Waals surface area (Å²) in [6, 6.07) is 11.8.